The van der Waals surface area contributed by atoms with Crippen molar-refractivity contribution < 1.29 is 19.2 Å². The van der Waals surface area contributed by atoms with E-state index in [1.807, 2.05) is 54.6 Å². The van der Waals surface area contributed by atoms with Gasteiger partial charge in [-0.15, -0.1) is 0 Å². The molecule has 0 aromatic heterocycles. The van der Waals surface area contributed by atoms with Crippen molar-refractivity contribution in [3.63, 3.8) is 0 Å². The molecular weight excluding hydrogens is 396 g/mol. The Bertz CT molecular complexity index is 969. The highest BCUT2D eigenvalue weighted by Crippen LogP contribution is 2.46. The number of fused-ring (bicyclic) bond motifs is 1. The Morgan fingerprint density at radius 2 is 1.81 bits per heavy atom. The molecule has 162 valence electrons. The topological polar surface area (TPSA) is 81.9 Å². The number of carbonyl (C=O) groups excluding carboxylic acids is 1. The van der Waals surface area contributed by atoms with E-state index in [1.54, 1.807) is 6.08 Å². The molecule has 2 aromatic carbocycles. The van der Waals surface area contributed by atoms with Gasteiger partial charge >= 0.3 is 0 Å². The van der Waals surface area contributed by atoms with Crippen molar-refractivity contribution in [2.75, 3.05) is 26.3 Å². The van der Waals surface area contributed by atoms with E-state index >= 15 is 0 Å². The summed E-state index contributed by atoms with van der Waals surface area (Å²) in [6.45, 7) is 3.98. The van der Waals surface area contributed by atoms with Gasteiger partial charge in [0.25, 0.3) is 6.04 Å². The molecule has 0 aliphatic carbocycles. The average molecular weight is 422 g/mol. The zero-order valence-electron chi connectivity index (χ0n) is 17.5. The number of morpholine rings is 1. The van der Waals surface area contributed by atoms with E-state index in [2.05, 4.69) is 4.90 Å². The van der Waals surface area contributed by atoms with Crippen LogP contribution in [0, 0.1) is 10.1 Å². The van der Waals surface area contributed by atoms with Gasteiger partial charge in [-0.1, -0.05) is 48.5 Å². The maximum absolute atomic E-state index is 12.3. The molecule has 0 radical (unpaired) electrons. The van der Waals surface area contributed by atoms with Crippen molar-refractivity contribution >= 4 is 5.78 Å². The molecule has 2 heterocycles. The smallest absolute Gasteiger partial charge is 0.260 e. The van der Waals surface area contributed by atoms with Crippen LogP contribution in [0.15, 0.2) is 66.4 Å². The van der Waals surface area contributed by atoms with E-state index in [1.165, 1.54) is 6.92 Å². The summed E-state index contributed by atoms with van der Waals surface area (Å²) in [4.78, 5) is 26.2. The lowest BCUT2D eigenvalue weighted by molar-refractivity contribution is -0.540. The Morgan fingerprint density at radius 3 is 2.48 bits per heavy atom. The Kier molecular flexibility index (Phi) is 6.32. The summed E-state index contributed by atoms with van der Waals surface area (Å²) in [6, 6.07) is 15.8. The molecule has 4 rings (SSSR count). The summed E-state index contributed by atoms with van der Waals surface area (Å²) in [5, 5.41) is 12.3. The van der Waals surface area contributed by atoms with Crippen LogP contribution in [-0.2, 0) is 9.53 Å². The van der Waals surface area contributed by atoms with Gasteiger partial charge in [0.2, 0.25) is 0 Å². The number of nitrogens with zero attached hydrogens (tertiary/aromatic N) is 2. The van der Waals surface area contributed by atoms with Crippen molar-refractivity contribution in [1.82, 2.24) is 4.90 Å². The first-order chi connectivity index (χ1) is 15.0. The van der Waals surface area contributed by atoms with Crippen LogP contribution in [0.1, 0.15) is 36.5 Å². The maximum atomic E-state index is 12.3. The molecule has 1 fully saturated rings. The third-order valence-electron chi connectivity index (χ3n) is 5.88. The van der Waals surface area contributed by atoms with E-state index in [0.29, 0.717) is 38.5 Å². The van der Waals surface area contributed by atoms with Gasteiger partial charge in [0.1, 0.15) is 5.75 Å². The largest absolute Gasteiger partial charge is 0.478 e. The van der Waals surface area contributed by atoms with E-state index < -0.39 is 18.1 Å². The normalized spacial score (nSPS) is 23.6. The number of benzene rings is 2. The number of allylic oxidation sites excluding steroid dienone is 2. The second kappa shape index (κ2) is 9.31. The van der Waals surface area contributed by atoms with Crippen LogP contribution < -0.4 is 4.74 Å². The Hall–Kier alpha value is -3.19. The highest BCUT2D eigenvalue weighted by Gasteiger charge is 2.47. The Balaban J connectivity index is 1.76. The number of nitro groups is 1. The zero-order chi connectivity index (χ0) is 21.8. The molecule has 0 amide bonds. The fourth-order valence-electron chi connectivity index (χ4n) is 4.48. The predicted molar refractivity (Wildman–Crippen MR) is 116 cm³/mol. The molecule has 7 heteroatoms. The molecule has 0 unspecified atom stereocenters. The summed E-state index contributed by atoms with van der Waals surface area (Å²) >= 11 is 0. The third-order valence-corrected chi connectivity index (χ3v) is 5.88. The standard InChI is InChI=1S/C24H26N2O5/c1-17(27)15-19(25-11-13-30-14-12-25)16-21-20-9-5-6-10-22(20)31-24(23(21)26(28)29)18-7-3-2-4-8-18/h2-10,15,21,23-24H,11-14,16H2,1H3/b19-15+/t21-,23+,24+/m0/s1. The number of rotatable bonds is 6. The minimum Gasteiger partial charge on any atom is -0.478 e. The summed E-state index contributed by atoms with van der Waals surface area (Å²) < 4.78 is 11.6. The van der Waals surface area contributed by atoms with Gasteiger partial charge in [-0.25, -0.2) is 0 Å². The molecule has 2 aliphatic heterocycles. The number of ether oxygens (including phenoxy) is 2. The molecule has 0 saturated carbocycles. The van der Waals surface area contributed by atoms with E-state index in [9.17, 15) is 14.9 Å². The first-order valence-corrected chi connectivity index (χ1v) is 10.5. The SMILES string of the molecule is CC(=O)/C=C(\C[C@H]1c2ccccc2O[C@H](c2ccccc2)[C@@H]1[N+](=O)[O-])N1CCOCC1. The first-order valence-electron chi connectivity index (χ1n) is 10.5. The number of carbonyl (C=O) groups is 1. The summed E-state index contributed by atoms with van der Waals surface area (Å²) in [5.74, 6) is 0.154. The fraction of sp³-hybridized carbons (Fsp3) is 0.375. The number of para-hydroxylation sites is 1. The Labute approximate surface area is 181 Å². The van der Waals surface area contributed by atoms with Crippen LogP contribution in [0.5, 0.6) is 5.75 Å². The molecule has 0 spiro atoms. The van der Waals surface area contributed by atoms with Crippen molar-refractivity contribution in [2.45, 2.75) is 31.4 Å². The lowest BCUT2D eigenvalue weighted by atomic mass is 9.80. The van der Waals surface area contributed by atoms with Crippen LogP contribution in [0.2, 0.25) is 0 Å². The zero-order valence-corrected chi connectivity index (χ0v) is 17.5. The van der Waals surface area contributed by atoms with Gasteiger partial charge in [0.15, 0.2) is 11.9 Å². The van der Waals surface area contributed by atoms with Crippen LogP contribution in [0.4, 0.5) is 0 Å². The van der Waals surface area contributed by atoms with Crippen LogP contribution >= 0.6 is 0 Å². The second-order valence-corrected chi connectivity index (χ2v) is 7.92. The highest BCUT2D eigenvalue weighted by molar-refractivity contribution is 5.87. The molecular formula is C24H26N2O5. The fourth-order valence-corrected chi connectivity index (χ4v) is 4.48. The van der Waals surface area contributed by atoms with Gasteiger partial charge < -0.3 is 14.4 Å². The van der Waals surface area contributed by atoms with Crippen molar-refractivity contribution in [2.24, 2.45) is 0 Å². The summed E-state index contributed by atoms with van der Waals surface area (Å²) in [5.41, 5.74) is 2.39. The lowest BCUT2D eigenvalue weighted by Gasteiger charge is -2.37. The number of hydrogen-bond acceptors (Lipinski definition) is 6. The monoisotopic (exact) mass is 422 g/mol. The summed E-state index contributed by atoms with van der Waals surface area (Å²) in [7, 11) is 0. The lowest BCUT2D eigenvalue weighted by Crippen LogP contribution is -2.42. The number of hydrogen-bond donors (Lipinski definition) is 0. The minimum atomic E-state index is -0.978. The maximum Gasteiger partial charge on any atom is 0.260 e. The van der Waals surface area contributed by atoms with Gasteiger partial charge in [-0.05, 0) is 24.6 Å². The van der Waals surface area contributed by atoms with Gasteiger partial charge in [-0.2, -0.15) is 0 Å². The van der Waals surface area contributed by atoms with E-state index in [0.717, 1.165) is 16.8 Å². The third kappa shape index (κ3) is 4.61. The Morgan fingerprint density at radius 1 is 1.13 bits per heavy atom. The molecule has 0 N–H and O–H groups in total. The van der Waals surface area contributed by atoms with E-state index in [-0.39, 0.29) is 10.7 Å². The van der Waals surface area contributed by atoms with Crippen LogP contribution in [0.3, 0.4) is 0 Å². The average Bonchev–Trinajstić information content (AvgIpc) is 2.79. The molecule has 7 nitrogen and oxygen atoms in total. The second-order valence-electron chi connectivity index (χ2n) is 7.92. The van der Waals surface area contributed by atoms with Crippen molar-refractivity contribution in [3.8, 4) is 5.75 Å². The quantitative estimate of drug-likeness (QED) is 0.401. The molecule has 3 atom stereocenters. The van der Waals surface area contributed by atoms with Crippen molar-refractivity contribution in [3.05, 3.63) is 87.6 Å². The summed E-state index contributed by atoms with van der Waals surface area (Å²) in [6.07, 6.45) is 1.28. The molecule has 1 saturated heterocycles. The van der Waals surface area contributed by atoms with Crippen LogP contribution in [0.25, 0.3) is 0 Å². The molecule has 2 aliphatic rings. The van der Waals surface area contributed by atoms with Crippen molar-refractivity contribution in [1.29, 1.82) is 0 Å². The molecule has 31 heavy (non-hydrogen) atoms. The minimum absolute atomic E-state index is 0.0703. The highest BCUT2D eigenvalue weighted by atomic mass is 16.6. The van der Waals surface area contributed by atoms with Gasteiger partial charge in [-0.3, -0.25) is 14.9 Å². The molecule has 0 bridgehead atoms. The first kappa shape index (κ1) is 21.1. The molecule has 2 aromatic rings. The van der Waals surface area contributed by atoms with Crippen LogP contribution in [-0.4, -0.2) is 48.0 Å². The number of ketones is 1. The van der Waals surface area contributed by atoms with E-state index in [4.69, 9.17) is 9.47 Å². The predicted octanol–water partition coefficient (Wildman–Crippen LogP) is 3.74. The van der Waals surface area contributed by atoms with Gasteiger partial charge in [0, 0.05) is 35.7 Å². The van der Waals surface area contributed by atoms with Gasteiger partial charge in [0.05, 0.1) is 19.1 Å².